The van der Waals surface area contributed by atoms with E-state index in [1.54, 1.807) is 7.11 Å². The first-order valence-electron chi connectivity index (χ1n) is 13.2. The zero-order chi connectivity index (χ0) is 24.2. The highest BCUT2D eigenvalue weighted by Gasteiger charge is 2.23. The molecule has 0 radical (unpaired) electrons. The molecule has 1 saturated heterocycles. The first kappa shape index (κ1) is 26.3. The number of benzene rings is 1. The van der Waals surface area contributed by atoms with Gasteiger partial charge in [-0.1, -0.05) is 63.0 Å². The fourth-order valence-corrected chi connectivity index (χ4v) is 5.07. The lowest BCUT2D eigenvalue weighted by Crippen LogP contribution is -2.50. The summed E-state index contributed by atoms with van der Waals surface area (Å²) in [6, 6.07) is 7.90. The highest BCUT2D eigenvalue weighted by molar-refractivity contribution is 5.77. The van der Waals surface area contributed by atoms with Crippen LogP contribution in [0.25, 0.3) is 6.08 Å². The van der Waals surface area contributed by atoms with Gasteiger partial charge in [0.05, 0.1) is 7.11 Å². The fraction of sp³-hybridized carbons (Fsp3) is 0.643. The molecule has 2 fully saturated rings. The van der Waals surface area contributed by atoms with Crippen molar-refractivity contribution < 1.29 is 14.3 Å². The molecule has 1 aromatic rings. The second-order valence-electron chi connectivity index (χ2n) is 9.65. The van der Waals surface area contributed by atoms with Crippen LogP contribution in [0.15, 0.2) is 30.3 Å². The van der Waals surface area contributed by atoms with Gasteiger partial charge in [-0.15, -0.1) is 0 Å². The number of amides is 2. The van der Waals surface area contributed by atoms with Crippen LogP contribution < -0.4 is 4.74 Å². The van der Waals surface area contributed by atoms with Crippen LogP contribution in [0.3, 0.4) is 0 Å². The van der Waals surface area contributed by atoms with E-state index in [0.717, 1.165) is 62.8 Å². The quantitative estimate of drug-likeness (QED) is 0.454. The molecular formula is C28H43N3O3. The third-order valence-electron chi connectivity index (χ3n) is 7.23. The van der Waals surface area contributed by atoms with Crippen LogP contribution in [0.4, 0.5) is 0 Å². The van der Waals surface area contributed by atoms with E-state index in [-0.39, 0.29) is 5.91 Å². The van der Waals surface area contributed by atoms with Crippen molar-refractivity contribution >= 4 is 17.9 Å². The number of para-hydroxylation sites is 1. The molecule has 34 heavy (non-hydrogen) atoms. The molecule has 6 heteroatoms. The summed E-state index contributed by atoms with van der Waals surface area (Å²) in [5, 5.41) is 0. The molecule has 1 heterocycles. The minimum Gasteiger partial charge on any atom is -0.496 e. The summed E-state index contributed by atoms with van der Waals surface area (Å²) < 4.78 is 5.42. The number of ether oxygens (including phenoxy) is 1. The molecule has 2 amide bonds. The molecule has 188 valence electrons. The first-order chi connectivity index (χ1) is 16.6. The van der Waals surface area contributed by atoms with Crippen LogP contribution in [-0.4, -0.2) is 79.4 Å². The van der Waals surface area contributed by atoms with Gasteiger partial charge in [-0.25, -0.2) is 0 Å². The van der Waals surface area contributed by atoms with Crippen LogP contribution in [-0.2, 0) is 9.59 Å². The summed E-state index contributed by atoms with van der Waals surface area (Å²) in [5.74, 6) is 2.13. The van der Waals surface area contributed by atoms with Crippen molar-refractivity contribution in [1.82, 2.24) is 14.7 Å². The van der Waals surface area contributed by atoms with Crippen LogP contribution in [0.5, 0.6) is 5.75 Å². The van der Waals surface area contributed by atoms with Crippen molar-refractivity contribution in [1.29, 1.82) is 0 Å². The van der Waals surface area contributed by atoms with Gasteiger partial charge in [0.1, 0.15) is 5.75 Å². The number of hydrogen-bond donors (Lipinski definition) is 0. The van der Waals surface area contributed by atoms with E-state index in [9.17, 15) is 9.59 Å². The molecule has 0 bridgehead atoms. The number of rotatable bonds is 12. The van der Waals surface area contributed by atoms with Gasteiger partial charge in [0.25, 0.3) is 0 Å². The summed E-state index contributed by atoms with van der Waals surface area (Å²) in [6.45, 7) is 7.59. The molecule has 1 aromatic carbocycles. The molecule has 1 aliphatic heterocycles. The lowest BCUT2D eigenvalue weighted by molar-refractivity contribution is -0.133. The van der Waals surface area contributed by atoms with Gasteiger partial charge in [-0.2, -0.15) is 0 Å². The lowest BCUT2D eigenvalue weighted by Gasteiger charge is -2.36. The standard InChI is InChI=1S/C28H43N3O3/c1-3-9-27(32)30(17-8-13-25-12-6-7-14-26(25)34-2)21-18-29-19-22-31(23-20-29)28(33)16-15-24-10-4-5-11-24/h6-8,12-14,24H,3-5,9-11,15-23H2,1-2H3/b13-8+. The molecule has 0 aromatic heterocycles. The second kappa shape index (κ2) is 14.1. The highest BCUT2D eigenvalue weighted by Crippen LogP contribution is 2.28. The molecule has 2 aliphatic rings. The third-order valence-corrected chi connectivity index (χ3v) is 7.23. The minimum absolute atomic E-state index is 0.202. The maximum Gasteiger partial charge on any atom is 0.222 e. The van der Waals surface area contributed by atoms with Gasteiger partial charge >= 0.3 is 0 Å². The van der Waals surface area contributed by atoms with Crippen molar-refractivity contribution in [2.24, 2.45) is 5.92 Å². The summed E-state index contributed by atoms with van der Waals surface area (Å²) in [7, 11) is 1.67. The largest absolute Gasteiger partial charge is 0.496 e. The summed E-state index contributed by atoms with van der Waals surface area (Å²) in [6.07, 6.45) is 12.6. The zero-order valence-corrected chi connectivity index (χ0v) is 21.2. The smallest absolute Gasteiger partial charge is 0.222 e. The minimum atomic E-state index is 0.202. The number of carbonyl (C=O) groups is 2. The number of methoxy groups -OCH3 is 1. The number of carbonyl (C=O) groups excluding carboxylic acids is 2. The average Bonchev–Trinajstić information content (AvgIpc) is 3.39. The summed E-state index contributed by atoms with van der Waals surface area (Å²) >= 11 is 0. The Kier molecular flexibility index (Phi) is 10.9. The Hall–Kier alpha value is -2.34. The van der Waals surface area contributed by atoms with E-state index in [2.05, 4.69) is 4.90 Å². The van der Waals surface area contributed by atoms with E-state index >= 15 is 0 Å². The molecule has 0 spiro atoms. The van der Waals surface area contributed by atoms with Gasteiger partial charge in [0.2, 0.25) is 11.8 Å². The third kappa shape index (κ3) is 8.15. The highest BCUT2D eigenvalue weighted by atomic mass is 16.5. The van der Waals surface area contributed by atoms with Crippen LogP contribution >= 0.6 is 0 Å². The van der Waals surface area contributed by atoms with Gasteiger partial charge in [0, 0.05) is 64.2 Å². The fourth-order valence-electron chi connectivity index (χ4n) is 5.07. The Morgan fingerprint density at radius 2 is 1.82 bits per heavy atom. The Labute approximate surface area is 205 Å². The van der Waals surface area contributed by atoms with E-state index in [1.807, 2.05) is 53.1 Å². The number of nitrogens with zero attached hydrogens (tertiary/aromatic N) is 3. The molecule has 6 nitrogen and oxygen atoms in total. The van der Waals surface area contributed by atoms with Gasteiger partial charge in [0.15, 0.2) is 0 Å². The molecule has 3 rings (SSSR count). The van der Waals surface area contributed by atoms with Crippen LogP contribution in [0.1, 0.15) is 63.9 Å². The maximum absolute atomic E-state index is 12.7. The van der Waals surface area contributed by atoms with Gasteiger partial charge < -0.3 is 14.5 Å². The zero-order valence-electron chi connectivity index (χ0n) is 21.2. The normalized spacial score (nSPS) is 17.4. The predicted molar refractivity (Wildman–Crippen MR) is 138 cm³/mol. The van der Waals surface area contributed by atoms with E-state index in [1.165, 1.54) is 25.7 Å². The lowest BCUT2D eigenvalue weighted by atomic mass is 10.0. The molecule has 1 aliphatic carbocycles. The Balaban J connectivity index is 1.43. The van der Waals surface area contributed by atoms with Crippen molar-refractivity contribution in [2.75, 3.05) is 52.9 Å². The Morgan fingerprint density at radius 3 is 2.53 bits per heavy atom. The monoisotopic (exact) mass is 469 g/mol. The van der Waals surface area contributed by atoms with E-state index in [4.69, 9.17) is 4.74 Å². The van der Waals surface area contributed by atoms with Crippen molar-refractivity contribution in [3.8, 4) is 5.75 Å². The molecule has 1 saturated carbocycles. The second-order valence-corrected chi connectivity index (χ2v) is 9.65. The summed E-state index contributed by atoms with van der Waals surface area (Å²) in [4.78, 5) is 31.7. The summed E-state index contributed by atoms with van der Waals surface area (Å²) in [5.41, 5.74) is 1.02. The molecule has 0 atom stereocenters. The van der Waals surface area contributed by atoms with Crippen molar-refractivity contribution in [3.63, 3.8) is 0 Å². The van der Waals surface area contributed by atoms with Crippen molar-refractivity contribution in [3.05, 3.63) is 35.9 Å². The SMILES string of the molecule is CCCC(=O)N(C/C=C/c1ccccc1OC)CCN1CCN(C(=O)CCC2CCCC2)CC1. The van der Waals surface area contributed by atoms with Gasteiger partial charge in [-0.3, -0.25) is 14.5 Å². The van der Waals surface area contributed by atoms with Crippen LogP contribution in [0, 0.1) is 5.92 Å². The predicted octanol–water partition coefficient (Wildman–Crippen LogP) is 4.45. The average molecular weight is 470 g/mol. The van der Waals surface area contributed by atoms with E-state index < -0.39 is 0 Å². The molecular weight excluding hydrogens is 426 g/mol. The number of hydrogen-bond acceptors (Lipinski definition) is 4. The number of piperazine rings is 1. The van der Waals surface area contributed by atoms with Crippen molar-refractivity contribution in [2.45, 2.75) is 58.3 Å². The topological polar surface area (TPSA) is 53.1 Å². The Morgan fingerprint density at radius 1 is 1.09 bits per heavy atom. The maximum atomic E-state index is 12.7. The van der Waals surface area contributed by atoms with E-state index in [0.29, 0.717) is 31.8 Å². The van der Waals surface area contributed by atoms with Crippen LogP contribution in [0.2, 0.25) is 0 Å². The molecule has 0 unspecified atom stereocenters. The first-order valence-corrected chi connectivity index (χ1v) is 13.2. The Bertz CT molecular complexity index is 796. The van der Waals surface area contributed by atoms with Gasteiger partial charge in [-0.05, 0) is 24.8 Å². The molecule has 0 N–H and O–H groups in total.